The SMILES string of the molecule is Cc1ccccc1CCNc1cnn(C(C)C)c(=O)c1Br. The van der Waals surface area contributed by atoms with Crippen molar-refractivity contribution < 1.29 is 0 Å². The van der Waals surface area contributed by atoms with Gasteiger partial charge in [0.15, 0.2) is 0 Å². The third-order valence-corrected chi connectivity index (χ3v) is 4.17. The molecule has 21 heavy (non-hydrogen) atoms. The van der Waals surface area contributed by atoms with E-state index in [9.17, 15) is 4.79 Å². The normalized spacial score (nSPS) is 10.9. The van der Waals surface area contributed by atoms with Gasteiger partial charge in [-0.15, -0.1) is 0 Å². The fraction of sp³-hybridized carbons (Fsp3) is 0.375. The van der Waals surface area contributed by atoms with Crippen molar-refractivity contribution in [2.75, 3.05) is 11.9 Å². The first-order valence-corrected chi connectivity index (χ1v) is 7.85. The van der Waals surface area contributed by atoms with Crippen molar-refractivity contribution in [2.24, 2.45) is 0 Å². The van der Waals surface area contributed by atoms with Crippen molar-refractivity contribution in [3.8, 4) is 0 Å². The number of benzene rings is 1. The Bertz CT molecular complexity index is 679. The molecule has 0 aliphatic carbocycles. The molecule has 0 amide bonds. The first-order chi connectivity index (χ1) is 10.0. The van der Waals surface area contributed by atoms with Gasteiger partial charge < -0.3 is 5.32 Å². The van der Waals surface area contributed by atoms with Crippen LogP contribution in [0, 0.1) is 6.92 Å². The van der Waals surface area contributed by atoms with E-state index in [1.807, 2.05) is 26.0 Å². The summed E-state index contributed by atoms with van der Waals surface area (Å²) in [6.07, 6.45) is 2.61. The number of rotatable bonds is 5. The van der Waals surface area contributed by atoms with E-state index in [2.05, 4.69) is 45.4 Å². The largest absolute Gasteiger partial charge is 0.382 e. The molecule has 0 saturated carbocycles. The number of hydrogen-bond donors (Lipinski definition) is 1. The predicted molar refractivity (Wildman–Crippen MR) is 90.0 cm³/mol. The quantitative estimate of drug-likeness (QED) is 0.897. The van der Waals surface area contributed by atoms with Crippen LogP contribution in [0.3, 0.4) is 0 Å². The fourth-order valence-corrected chi connectivity index (χ4v) is 2.58. The van der Waals surface area contributed by atoms with Crippen LogP contribution in [0.4, 0.5) is 5.69 Å². The summed E-state index contributed by atoms with van der Waals surface area (Å²) in [6.45, 7) is 6.74. The summed E-state index contributed by atoms with van der Waals surface area (Å²) in [4.78, 5) is 12.1. The molecule has 5 heteroatoms. The highest BCUT2D eigenvalue weighted by molar-refractivity contribution is 9.10. The Balaban J connectivity index is 2.06. The Labute approximate surface area is 133 Å². The average molecular weight is 350 g/mol. The van der Waals surface area contributed by atoms with Crippen LogP contribution in [0.25, 0.3) is 0 Å². The van der Waals surface area contributed by atoms with Crippen molar-refractivity contribution in [3.05, 3.63) is 56.4 Å². The summed E-state index contributed by atoms with van der Waals surface area (Å²) in [7, 11) is 0. The van der Waals surface area contributed by atoms with Gasteiger partial charge in [-0.3, -0.25) is 4.79 Å². The minimum atomic E-state index is -0.106. The second-order valence-electron chi connectivity index (χ2n) is 5.32. The van der Waals surface area contributed by atoms with E-state index in [4.69, 9.17) is 0 Å². The monoisotopic (exact) mass is 349 g/mol. The lowest BCUT2D eigenvalue weighted by Crippen LogP contribution is -2.26. The molecule has 1 aromatic heterocycles. The van der Waals surface area contributed by atoms with Gasteiger partial charge >= 0.3 is 0 Å². The summed E-state index contributed by atoms with van der Waals surface area (Å²) < 4.78 is 2.01. The highest BCUT2D eigenvalue weighted by Crippen LogP contribution is 2.17. The topological polar surface area (TPSA) is 46.9 Å². The van der Waals surface area contributed by atoms with E-state index < -0.39 is 0 Å². The second kappa shape index (κ2) is 6.89. The molecule has 0 atom stereocenters. The van der Waals surface area contributed by atoms with E-state index in [0.717, 1.165) is 18.7 Å². The van der Waals surface area contributed by atoms with Crippen molar-refractivity contribution in [1.82, 2.24) is 9.78 Å². The zero-order chi connectivity index (χ0) is 15.4. The van der Waals surface area contributed by atoms with Crippen LogP contribution in [-0.2, 0) is 6.42 Å². The Kier molecular flexibility index (Phi) is 5.17. The van der Waals surface area contributed by atoms with Crippen molar-refractivity contribution in [2.45, 2.75) is 33.2 Å². The highest BCUT2D eigenvalue weighted by Gasteiger charge is 2.10. The molecule has 0 radical (unpaired) electrons. The summed E-state index contributed by atoms with van der Waals surface area (Å²) in [5, 5.41) is 7.47. The van der Waals surface area contributed by atoms with Crippen LogP contribution < -0.4 is 10.9 Å². The van der Waals surface area contributed by atoms with E-state index in [0.29, 0.717) is 4.47 Å². The fourth-order valence-electron chi connectivity index (χ4n) is 2.16. The molecule has 0 fully saturated rings. The summed E-state index contributed by atoms with van der Waals surface area (Å²) in [6, 6.07) is 8.37. The molecular formula is C16H20BrN3O. The zero-order valence-electron chi connectivity index (χ0n) is 12.6. The molecule has 0 saturated heterocycles. The number of hydrogen-bond acceptors (Lipinski definition) is 3. The molecule has 4 nitrogen and oxygen atoms in total. The van der Waals surface area contributed by atoms with Crippen LogP contribution in [0.2, 0.25) is 0 Å². The van der Waals surface area contributed by atoms with Gasteiger partial charge in [0, 0.05) is 6.54 Å². The zero-order valence-corrected chi connectivity index (χ0v) is 14.1. The molecule has 2 aromatic rings. The first-order valence-electron chi connectivity index (χ1n) is 7.06. The van der Waals surface area contributed by atoms with Gasteiger partial charge in [0.25, 0.3) is 5.56 Å². The maximum Gasteiger partial charge on any atom is 0.283 e. The highest BCUT2D eigenvalue weighted by atomic mass is 79.9. The van der Waals surface area contributed by atoms with Crippen LogP contribution in [-0.4, -0.2) is 16.3 Å². The molecule has 112 valence electrons. The second-order valence-corrected chi connectivity index (χ2v) is 6.11. The van der Waals surface area contributed by atoms with Gasteiger partial charge in [0.2, 0.25) is 0 Å². The molecule has 2 rings (SSSR count). The van der Waals surface area contributed by atoms with Crippen LogP contribution in [0.5, 0.6) is 0 Å². The van der Waals surface area contributed by atoms with Crippen LogP contribution in [0.1, 0.15) is 31.0 Å². The summed E-state index contributed by atoms with van der Waals surface area (Å²) in [5.74, 6) is 0. The Morgan fingerprint density at radius 1 is 1.33 bits per heavy atom. The van der Waals surface area contributed by atoms with Gasteiger partial charge in [0.05, 0.1) is 17.9 Å². The third kappa shape index (κ3) is 3.73. The van der Waals surface area contributed by atoms with Crippen LogP contribution >= 0.6 is 15.9 Å². The molecule has 1 heterocycles. The average Bonchev–Trinajstić information content (AvgIpc) is 2.45. The molecule has 0 aliphatic rings. The Morgan fingerprint density at radius 2 is 2.05 bits per heavy atom. The number of halogens is 1. The molecule has 0 spiro atoms. The molecule has 0 unspecified atom stereocenters. The minimum Gasteiger partial charge on any atom is -0.382 e. The molecule has 0 bridgehead atoms. The van der Waals surface area contributed by atoms with Crippen LogP contribution in [0.15, 0.2) is 39.7 Å². The van der Waals surface area contributed by atoms with Gasteiger partial charge in [0.1, 0.15) is 4.47 Å². The first kappa shape index (κ1) is 15.8. The lowest BCUT2D eigenvalue weighted by atomic mass is 10.1. The summed E-state index contributed by atoms with van der Waals surface area (Å²) >= 11 is 3.36. The number of anilines is 1. The van der Waals surface area contributed by atoms with Gasteiger partial charge in [-0.1, -0.05) is 24.3 Å². The smallest absolute Gasteiger partial charge is 0.283 e. The van der Waals surface area contributed by atoms with Gasteiger partial charge in [-0.05, 0) is 54.2 Å². The number of nitrogens with one attached hydrogen (secondary N) is 1. The molecule has 1 aromatic carbocycles. The van der Waals surface area contributed by atoms with E-state index >= 15 is 0 Å². The number of nitrogens with zero attached hydrogens (tertiary/aromatic N) is 2. The Morgan fingerprint density at radius 3 is 2.71 bits per heavy atom. The van der Waals surface area contributed by atoms with E-state index in [1.54, 1.807) is 6.20 Å². The van der Waals surface area contributed by atoms with E-state index in [1.165, 1.54) is 15.8 Å². The lowest BCUT2D eigenvalue weighted by Gasteiger charge is -2.13. The van der Waals surface area contributed by atoms with Crippen molar-refractivity contribution in [3.63, 3.8) is 0 Å². The Hall–Kier alpha value is -1.62. The van der Waals surface area contributed by atoms with E-state index in [-0.39, 0.29) is 11.6 Å². The lowest BCUT2D eigenvalue weighted by molar-refractivity contribution is 0.501. The predicted octanol–water partition coefficient (Wildman–Crippen LogP) is 3.55. The minimum absolute atomic E-state index is 0.0508. The standard InChI is InChI=1S/C16H20BrN3O/c1-11(2)20-16(21)15(17)14(10-19-20)18-9-8-13-7-5-4-6-12(13)3/h4-7,10-11,18H,8-9H2,1-3H3. The number of aryl methyl sites for hydroxylation is 1. The number of aromatic nitrogens is 2. The van der Waals surface area contributed by atoms with Crippen molar-refractivity contribution >= 4 is 21.6 Å². The maximum absolute atomic E-state index is 12.1. The van der Waals surface area contributed by atoms with Gasteiger partial charge in [-0.2, -0.15) is 5.10 Å². The van der Waals surface area contributed by atoms with Gasteiger partial charge in [-0.25, -0.2) is 4.68 Å². The van der Waals surface area contributed by atoms with Crippen molar-refractivity contribution in [1.29, 1.82) is 0 Å². The molecule has 0 aliphatic heterocycles. The molecule has 1 N–H and O–H groups in total. The third-order valence-electron chi connectivity index (χ3n) is 3.40. The molecular weight excluding hydrogens is 330 g/mol. The maximum atomic E-state index is 12.1. The summed E-state index contributed by atoms with van der Waals surface area (Å²) in [5.41, 5.74) is 3.23.